The van der Waals surface area contributed by atoms with E-state index in [1.807, 2.05) is 60.7 Å². The minimum atomic E-state index is -0.323. The Morgan fingerprint density at radius 3 is 2.41 bits per heavy atom. The summed E-state index contributed by atoms with van der Waals surface area (Å²) in [4.78, 5) is 13.9. The molecule has 0 saturated carbocycles. The van der Waals surface area contributed by atoms with Crippen LogP contribution in [0.5, 0.6) is 11.5 Å². The molecule has 1 N–H and O–H groups in total. The first-order valence-corrected chi connectivity index (χ1v) is 13.1. The number of nitrogens with one attached hydrogen (secondary N) is 1. The second kappa shape index (κ2) is 10.7. The molecule has 0 radical (unpaired) electrons. The van der Waals surface area contributed by atoms with Crippen LogP contribution in [0.4, 0.5) is 5.82 Å². The van der Waals surface area contributed by atoms with Gasteiger partial charge in [0.15, 0.2) is 5.82 Å². The number of hydrogen-bond donors (Lipinski definition) is 1. The van der Waals surface area contributed by atoms with Crippen molar-refractivity contribution in [3.05, 3.63) is 88.8 Å². The quantitative estimate of drug-likeness (QED) is 0.281. The number of rotatable bonds is 7. The molecule has 0 atom stereocenters. The molecule has 0 spiro atoms. The minimum absolute atomic E-state index is 0.294. The Labute approximate surface area is 226 Å². The number of aromatic nitrogens is 2. The number of ether oxygens (including phenoxy) is 2. The van der Waals surface area contributed by atoms with Gasteiger partial charge in [-0.2, -0.15) is 0 Å². The third-order valence-corrected chi connectivity index (χ3v) is 7.37. The number of methoxy groups -OCH3 is 2. The maximum absolute atomic E-state index is 11.5. The van der Waals surface area contributed by atoms with Crippen LogP contribution in [0.1, 0.15) is 18.4 Å². The molecule has 1 aliphatic rings. The zero-order chi connectivity index (χ0) is 26.8. The van der Waals surface area contributed by atoms with Crippen molar-refractivity contribution in [2.75, 3.05) is 32.6 Å². The van der Waals surface area contributed by atoms with Crippen LogP contribution in [-0.4, -0.2) is 48.4 Å². The molecule has 1 aliphatic heterocycles. The van der Waals surface area contributed by atoms with E-state index in [2.05, 4.69) is 26.5 Å². The molecule has 0 bridgehead atoms. The van der Waals surface area contributed by atoms with Crippen molar-refractivity contribution in [3.8, 4) is 22.8 Å². The maximum atomic E-state index is 11.5. The predicted molar refractivity (Wildman–Crippen MR) is 152 cm³/mol. The average Bonchev–Trinajstić information content (AvgIpc) is 2.98. The highest BCUT2D eigenvalue weighted by molar-refractivity contribution is 6.00. The van der Waals surface area contributed by atoms with Crippen LogP contribution in [0.15, 0.2) is 82.0 Å². The Morgan fingerprint density at radius 1 is 0.872 bits per heavy atom. The van der Waals surface area contributed by atoms with Crippen LogP contribution in [0, 0.1) is 0 Å². The molecule has 0 amide bonds. The number of fused-ring (bicyclic) bond motifs is 2. The van der Waals surface area contributed by atoms with Gasteiger partial charge in [0.2, 0.25) is 0 Å². The topological polar surface area (TPSA) is 89.7 Å². The third-order valence-electron chi connectivity index (χ3n) is 7.37. The summed E-state index contributed by atoms with van der Waals surface area (Å²) in [5.74, 6) is 2.36. The number of anilines is 1. The molecule has 1 saturated heterocycles. The lowest BCUT2D eigenvalue weighted by Crippen LogP contribution is -2.38. The van der Waals surface area contributed by atoms with Gasteiger partial charge in [-0.3, -0.25) is 4.90 Å². The third kappa shape index (κ3) is 5.28. The Bertz CT molecular complexity index is 1670. The Kier molecular flexibility index (Phi) is 6.85. The van der Waals surface area contributed by atoms with Crippen molar-refractivity contribution in [2.45, 2.75) is 25.4 Å². The molecule has 5 aromatic rings. The lowest BCUT2D eigenvalue weighted by atomic mass is 10.0. The number of piperidine rings is 1. The predicted octanol–water partition coefficient (Wildman–Crippen LogP) is 5.50. The summed E-state index contributed by atoms with van der Waals surface area (Å²) in [7, 11) is 3.33. The van der Waals surface area contributed by atoms with Gasteiger partial charge in [-0.1, -0.05) is 6.07 Å². The summed E-state index contributed by atoms with van der Waals surface area (Å²) >= 11 is 0. The molecule has 8 heteroatoms. The van der Waals surface area contributed by atoms with Crippen LogP contribution in [0.25, 0.3) is 33.0 Å². The van der Waals surface area contributed by atoms with E-state index in [0.29, 0.717) is 11.6 Å². The van der Waals surface area contributed by atoms with Gasteiger partial charge in [-0.05, 0) is 79.1 Å². The van der Waals surface area contributed by atoms with E-state index in [4.69, 9.17) is 13.9 Å². The molecule has 3 aromatic carbocycles. The number of benzene rings is 3. The highest BCUT2D eigenvalue weighted by Gasteiger charge is 2.21. The van der Waals surface area contributed by atoms with Gasteiger partial charge in [-0.15, -0.1) is 10.2 Å². The molecule has 6 rings (SSSR count). The van der Waals surface area contributed by atoms with Gasteiger partial charge in [0.25, 0.3) is 0 Å². The van der Waals surface area contributed by atoms with Gasteiger partial charge >= 0.3 is 5.63 Å². The summed E-state index contributed by atoms with van der Waals surface area (Å²) in [6.45, 7) is 2.80. The monoisotopic (exact) mass is 522 g/mol. The summed E-state index contributed by atoms with van der Waals surface area (Å²) in [5.41, 5.74) is 3.31. The van der Waals surface area contributed by atoms with Crippen molar-refractivity contribution in [2.24, 2.45) is 0 Å². The van der Waals surface area contributed by atoms with Crippen molar-refractivity contribution < 1.29 is 13.9 Å². The van der Waals surface area contributed by atoms with E-state index in [9.17, 15) is 4.79 Å². The molecular formula is C31H30N4O4. The minimum Gasteiger partial charge on any atom is -0.497 e. The summed E-state index contributed by atoms with van der Waals surface area (Å²) in [6.07, 6.45) is 1.99. The SMILES string of the molecule is COc1ccc(-c2nnc(NC3CCN(Cc4ccc5oc(=O)ccc5c4)CC3)c3cc(OC)ccc23)cc1. The first-order valence-electron chi connectivity index (χ1n) is 13.1. The molecule has 0 unspecified atom stereocenters. The Balaban J connectivity index is 1.17. The van der Waals surface area contributed by atoms with Crippen molar-refractivity contribution in [3.63, 3.8) is 0 Å². The zero-order valence-corrected chi connectivity index (χ0v) is 22.0. The first-order chi connectivity index (χ1) is 19.1. The summed E-state index contributed by atoms with van der Waals surface area (Å²) in [5, 5.41) is 15.9. The lowest BCUT2D eigenvalue weighted by molar-refractivity contribution is 0.211. The van der Waals surface area contributed by atoms with Gasteiger partial charge in [-0.25, -0.2) is 4.79 Å². The van der Waals surface area contributed by atoms with E-state index >= 15 is 0 Å². The van der Waals surface area contributed by atoms with Crippen LogP contribution in [-0.2, 0) is 6.54 Å². The van der Waals surface area contributed by atoms with Crippen LogP contribution < -0.4 is 20.4 Å². The molecular weight excluding hydrogens is 492 g/mol. The van der Waals surface area contributed by atoms with E-state index < -0.39 is 0 Å². The number of hydrogen-bond acceptors (Lipinski definition) is 8. The molecule has 1 fully saturated rings. The smallest absolute Gasteiger partial charge is 0.336 e. The molecule has 8 nitrogen and oxygen atoms in total. The molecule has 3 heterocycles. The fraction of sp³-hybridized carbons (Fsp3) is 0.258. The molecule has 2 aromatic heterocycles. The Hall–Kier alpha value is -4.43. The van der Waals surface area contributed by atoms with Gasteiger partial charge in [0, 0.05) is 53.5 Å². The standard InChI is InChI=1S/C31H30N4O4/c1-37-24-7-4-21(5-8-24)30-26-10-9-25(38-2)18-27(26)31(34-33-30)32-23-13-15-35(16-14-23)19-20-3-11-28-22(17-20)6-12-29(36)39-28/h3-12,17-18,23H,13-16,19H2,1-2H3,(H,32,34). The van der Waals surface area contributed by atoms with E-state index in [1.54, 1.807) is 14.2 Å². The van der Waals surface area contributed by atoms with Crippen LogP contribution in [0.2, 0.25) is 0 Å². The highest BCUT2D eigenvalue weighted by atomic mass is 16.5. The van der Waals surface area contributed by atoms with E-state index in [0.717, 1.165) is 77.2 Å². The van der Waals surface area contributed by atoms with Crippen molar-refractivity contribution in [1.29, 1.82) is 0 Å². The fourth-order valence-electron chi connectivity index (χ4n) is 5.24. The van der Waals surface area contributed by atoms with E-state index in [1.165, 1.54) is 11.6 Å². The second-order valence-corrected chi connectivity index (χ2v) is 9.86. The van der Waals surface area contributed by atoms with Crippen molar-refractivity contribution >= 4 is 27.6 Å². The first kappa shape index (κ1) is 24.9. The summed E-state index contributed by atoms with van der Waals surface area (Å²) < 4.78 is 16.1. The van der Waals surface area contributed by atoms with Gasteiger partial charge in [0.05, 0.1) is 14.2 Å². The van der Waals surface area contributed by atoms with Gasteiger partial charge in [0.1, 0.15) is 22.8 Å². The molecule has 39 heavy (non-hydrogen) atoms. The fourth-order valence-corrected chi connectivity index (χ4v) is 5.24. The number of likely N-dealkylation sites (tertiary alicyclic amines) is 1. The number of nitrogens with zero attached hydrogens (tertiary/aromatic N) is 3. The average molecular weight is 523 g/mol. The maximum Gasteiger partial charge on any atom is 0.336 e. The normalized spacial score (nSPS) is 14.5. The van der Waals surface area contributed by atoms with Crippen LogP contribution >= 0.6 is 0 Å². The highest BCUT2D eigenvalue weighted by Crippen LogP contribution is 2.34. The lowest BCUT2D eigenvalue weighted by Gasteiger charge is -2.32. The summed E-state index contributed by atoms with van der Waals surface area (Å²) in [6, 6.07) is 23.5. The molecule has 0 aliphatic carbocycles. The largest absolute Gasteiger partial charge is 0.497 e. The van der Waals surface area contributed by atoms with Crippen molar-refractivity contribution in [1.82, 2.24) is 15.1 Å². The van der Waals surface area contributed by atoms with E-state index in [-0.39, 0.29) is 5.63 Å². The zero-order valence-electron chi connectivity index (χ0n) is 22.0. The molecule has 198 valence electrons. The Morgan fingerprint density at radius 2 is 1.64 bits per heavy atom. The van der Waals surface area contributed by atoms with Crippen LogP contribution in [0.3, 0.4) is 0 Å². The van der Waals surface area contributed by atoms with Gasteiger partial charge < -0.3 is 19.2 Å². The second-order valence-electron chi connectivity index (χ2n) is 9.86.